The van der Waals surface area contributed by atoms with Crippen LogP contribution >= 0.6 is 27.5 Å². The molecule has 148 valence electrons. The van der Waals surface area contributed by atoms with Crippen LogP contribution < -0.4 is 10.2 Å². The van der Waals surface area contributed by atoms with Crippen LogP contribution in [0.3, 0.4) is 0 Å². The first-order valence-corrected chi connectivity index (χ1v) is 9.58. The lowest BCUT2D eigenvalue weighted by Gasteiger charge is -2.22. The van der Waals surface area contributed by atoms with Crippen LogP contribution in [0.2, 0.25) is 5.02 Å². The van der Waals surface area contributed by atoms with E-state index in [1.807, 2.05) is 0 Å². The molecule has 1 atom stereocenters. The van der Waals surface area contributed by atoms with Crippen LogP contribution in [0.4, 0.5) is 10.1 Å². The number of hydrogen-bond acceptors (Lipinski definition) is 4. The molecular formula is C19H17BrClFN2O4. The molecule has 0 spiro atoms. The van der Waals surface area contributed by atoms with Gasteiger partial charge in [0.25, 0.3) is 11.8 Å². The smallest absolute Gasteiger partial charge is 0.268 e. The van der Waals surface area contributed by atoms with Crippen LogP contribution in [0.1, 0.15) is 17.5 Å². The molecule has 1 heterocycles. The zero-order valence-corrected chi connectivity index (χ0v) is 16.9. The van der Waals surface area contributed by atoms with Crippen LogP contribution in [-0.2, 0) is 22.7 Å². The molecule has 2 aromatic carbocycles. The Morgan fingerprint density at radius 2 is 2.07 bits per heavy atom. The van der Waals surface area contributed by atoms with Gasteiger partial charge in [-0.2, -0.15) is 0 Å². The van der Waals surface area contributed by atoms with Crippen molar-refractivity contribution in [2.45, 2.75) is 25.2 Å². The maximum atomic E-state index is 13.4. The average Bonchev–Trinajstić information content (AvgIpc) is 2.96. The summed E-state index contributed by atoms with van der Waals surface area (Å²) in [6, 6.07) is 8.77. The van der Waals surface area contributed by atoms with Crippen molar-refractivity contribution < 1.29 is 24.2 Å². The second kappa shape index (κ2) is 8.16. The topological polar surface area (TPSA) is 89.9 Å². The average molecular weight is 472 g/mol. The van der Waals surface area contributed by atoms with Gasteiger partial charge in [0.2, 0.25) is 5.60 Å². The maximum Gasteiger partial charge on any atom is 0.268 e. The zero-order chi connectivity index (χ0) is 20.5. The van der Waals surface area contributed by atoms with E-state index in [0.717, 1.165) is 6.07 Å². The number of nitrogens with one attached hydrogen (secondary N) is 1. The molecule has 6 nitrogen and oxygen atoms in total. The van der Waals surface area contributed by atoms with E-state index < -0.39 is 23.2 Å². The SMILES string of the molecule is O=C(NCc1cc(F)cc(Cl)c1)[C@@]1(O)CCN(c2ccc(Br)c(CO)c2)C1=O. The summed E-state index contributed by atoms with van der Waals surface area (Å²) in [5.74, 6) is -2.16. The summed E-state index contributed by atoms with van der Waals surface area (Å²) < 4.78 is 14.1. The van der Waals surface area contributed by atoms with Gasteiger partial charge in [-0.25, -0.2) is 4.39 Å². The number of aliphatic hydroxyl groups excluding tert-OH is 1. The fraction of sp³-hybridized carbons (Fsp3) is 0.263. The van der Waals surface area contributed by atoms with Crippen molar-refractivity contribution in [2.24, 2.45) is 0 Å². The lowest BCUT2D eigenvalue weighted by Crippen LogP contribution is -2.52. The highest BCUT2D eigenvalue weighted by Gasteiger charge is 2.51. The molecule has 9 heteroatoms. The summed E-state index contributed by atoms with van der Waals surface area (Å²) in [5.41, 5.74) is -0.764. The van der Waals surface area contributed by atoms with E-state index >= 15 is 0 Å². The van der Waals surface area contributed by atoms with E-state index in [4.69, 9.17) is 11.6 Å². The largest absolute Gasteiger partial charge is 0.392 e. The monoisotopic (exact) mass is 470 g/mol. The van der Waals surface area contributed by atoms with E-state index in [-0.39, 0.29) is 31.1 Å². The van der Waals surface area contributed by atoms with Gasteiger partial charge in [0.1, 0.15) is 5.82 Å². The molecule has 1 saturated heterocycles. The summed E-state index contributed by atoms with van der Waals surface area (Å²) in [6.45, 7) is -0.169. The van der Waals surface area contributed by atoms with Crippen LogP contribution in [0.5, 0.6) is 0 Å². The first-order valence-electron chi connectivity index (χ1n) is 8.41. The molecule has 28 heavy (non-hydrogen) atoms. The van der Waals surface area contributed by atoms with Crippen molar-refractivity contribution in [1.82, 2.24) is 5.32 Å². The highest BCUT2D eigenvalue weighted by molar-refractivity contribution is 9.10. The normalized spacial score (nSPS) is 19.2. The lowest BCUT2D eigenvalue weighted by atomic mass is 10.0. The number of amides is 2. The summed E-state index contributed by atoms with van der Waals surface area (Å²) >= 11 is 9.08. The van der Waals surface area contributed by atoms with Crippen molar-refractivity contribution in [3.63, 3.8) is 0 Å². The standard InChI is InChI=1S/C19H17BrClFN2O4/c20-16-2-1-15(7-12(16)10-25)24-4-3-19(28,18(24)27)17(26)23-9-11-5-13(21)8-14(22)6-11/h1-2,5-8,25,28H,3-4,9-10H2,(H,23,26)/t19-/m0/s1. The van der Waals surface area contributed by atoms with E-state index in [1.165, 1.54) is 17.0 Å². The molecule has 1 aliphatic rings. The molecule has 0 aromatic heterocycles. The first kappa shape index (κ1) is 20.7. The second-order valence-electron chi connectivity index (χ2n) is 6.46. The van der Waals surface area contributed by atoms with Crippen LogP contribution in [0.25, 0.3) is 0 Å². The Kier molecular flexibility index (Phi) is 6.04. The van der Waals surface area contributed by atoms with E-state index in [1.54, 1.807) is 18.2 Å². The third-order valence-corrected chi connectivity index (χ3v) is 5.55. The van der Waals surface area contributed by atoms with Gasteiger partial charge in [0.15, 0.2) is 0 Å². The molecule has 2 amide bonds. The van der Waals surface area contributed by atoms with Crippen molar-refractivity contribution >= 4 is 45.0 Å². The van der Waals surface area contributed by atoms with Gasteiger partial charge < -0.3 is 20.4 Å². The molecular weight excluding hydrogens is 455 g/mol. The number of halogens is 3. The molecule has 0 unspecified atom stereocenters. The summed E-state index contributed by atoms with van der Waals surface area (Å²) in [7, 11) is 0. The molecule has 0 aliphatic carbocycles. The zero-order valence-electron chi connectivity index (χ0n) is 14.6. The lowest BCUT2D eigenvalue weighted by molar-refractivity contribution is -0.149. The van der Waals surface area contributed by atoms with Gasteiger partial charge in [-0.3, -0.25) is 9.59 Å². The number of rotatable bonds is 5. The Morgan fingerprint density at radius 1 is 1.32 bits per heavy atom. The van der Waals surface area contributed by atoms with E-state index in [9.17, 15) is 24.2 Å². The van der Waals surface area contributed by atoms with Crippen molar-refractivity contribution in [2.75, 3.05) is 11.4 Å². The van der Waals surface area contributed by atoms with Gasteiger partial charge in [-0.1, -0.05) is 27.5 Å². The van der Waals surface area contributed by atoms with Crippen molar-refractivity contribution in [3.8, 4) is 0 Å². The second-order valence-corrected chi connectivity index (χ2v) is 7.75. The number of benzene rings is 2. The van der Waals surface area contributed by atoms with Crippen molar-refractivity contribution in [1.29, 1.82) is 0 Å². The van der Waals surface area contributed by atoms with Crippen molar-refractivity contribution in [3.05, 3.63) is 62.8 Å². The molecule has 1 fully saturated rings. The summed E-state index contributed by atoms with van der Waals surface area (Å²) in [5, 5.41) is 22.7. The predicted molar refractivity (Wildman–Crippen MR) is 105 cm³/mol. The van der Waals surface area contributed by atoms with Gasteiger partial charge >= 0.3 is 0 Å². The number of anilines is 1. The number of nitrogens with zero attached hydrogens (tertiary/aromatic N) is 1. The fourth-order valence-electron chi connectivity index (χ4n) is 3.05. The van der Waals surface area contributed by atoms with Crippen LogP contribution in [-0.4, -0.2) is 34.2 Å². The van der Waals surface area contributed by atoms with Crippen LogP contribution in [0.15, 0.2) is 40.9 Å². The Morgan fingerprint density at radius 3 is 2.75 bits per heavy atom. The van der Waals surface area contributed by atoms with E-state index in [2.05, 4.69) is 21.2 Å². The van der Waals surface area contributed by atoms with Gasteiger partial charge in [0.05, 0.1) is 6.61 Å². The van der Waals surface area contributed by atoms with E-state index in [0.29, 0.717) is 21.3 Å². The Bertz CT molecular complexity index is 922. The molecule has 0 saturated carbocycles. The summed E-state index contributed by atoms with van der Waals surface area (Å²) in [6.07, 6.45) is -0.0912. The minimum absolute atomic E-state index is 0.0845. The van der Waals surface area contributed by atoms with Gasteiger partial charge in [-0.15, -0.1) is 0 Å². The number of aliphatic hydroxyl groups is 2. The summed E-state index contributed by atoms with van der Waals surface area (Å²) in [4.78, 5) is 26.5. The minimum Gasteiger partial charge on any atom is -0.392 e. The molecule has 0 radical (unpaired) electrons. The Hall–Kier alpha value is -2.00. The molecule has 3 rings (SSSR count). The van der Waals surface area contributed by atoms with Crippen LogP contribution in [0, 0.1) is 5.82 Å². The first-order chi connectivity index (χ1) is 13.2. The molecule has 2 aromatic rings. The number of carbonyl (C=O) groups is 2. The minimum atomic E-state index is -2.22. The predicted octanol–water partition coefficient (Wildman–Crippen LogP) is 2.52. The highest BCUT2D eigenvalue weighted by atomic mass is 79.9. The van der Waals surface area contributed by atoms with Gasteiger partial charge in [0, 0.05) is 34.7 Å². The highest BCUT2D eigenvalue weighted by Crippen LogP contribution is 2.31. The molecule has 3 N–H and O–H groups in total. The molecule has 0 bridgehead atoms. The Labute approximate surface area is 174 Å². The third kappa shape index (κ3) is 4.05. The Balaban J connectivity index is 1.73. The number of carbonyl (C=O) groups excluding carboxylic acids is 2. The van der Waals surface area contributed by atoms with Gasteiger partial charge in [-0.05, 0) is 47.5 Å². The number of hydrogen-bond donors (Lipinski definition) is 3. The maximum absolute atomic E-state index is 13.4. The quantitative estimate of drug-likeness (QED) is 0.585. The third-order valence-electron chi connectivity index (χ3n) is 4.56. The fourth-order valence-corrected chi connectivity index (χ4v) is 3.67. The molecule has 1 aliphatic heterocycles.